The van der Waals surface area contributed by atoms with Gasteiger partial charge < -0.3 is 15.4 Å². The van der Waals surface area contributed by atoms with Gasteiger partial charge in [-0.05, 0) is 24.3 Å². The van der Waals surface area contributed by atoms with Gasteiger partial charge in [0.25, 0.3) is 0 Å². The zero-order chi connectivity index (χ0) is 13.0. The minimum atomic E-state index is 0.421. The topological polar surface area (TPSA) is 51.4 Å². The van der Waals surface area contributed by atoms with Gasteiger partial charge in [-0.2, -0.15) is 0 Å². The van der Waals surface area contributed by atoms with Crippen molar-refractivity contribution < 1.29 is 4.74 Å². The summed E-state index contributed by atoms with van der Waals surface area (Å²) in [6.45, 7) is 0.421. The fourth-order valence-electron chi connectivity index (χ4n) is 1.85. The lowest BCUT2D eigenvalue weighted by molar-refractivity contribution is 0.415. The van der Waals surface area contributed by atoms with E-state index in [4.69, 9.17) is 10.5 Å². The fourth-order valence-corrected chi connectivity index (χ4v) is 1.85. The SMILES string of the molecule is COc1cccc(N(C)c2cccnc2CN)c1. The molecule has 1 aromatic heterocycles. The summed E-state index contributed by atoms with van der Waals surface area (Å²) in [7, 11) is 3.65. The second-order valence-electron chi connectivity index (χ2n) is 3.93. The highest BCUT2D eigenvalue weighted by Crippen LogP contribution is 2.28. The predicted octanol–water partition coefficient (Wildman–Crippen LogP) is 2.32. The molecule has 4 nitrogen and oxygen atoms in total. The van der Waals surface area contributed by atoms with E-state index in [9.17, 15) is 0 Å². The maximum absolute atomic E-state index is 5.71. The summed E-state index contributed by atoms with van der Waals surface area (Å²) in [5.41, 5.74) is 8.63. The van der Waals surface area contributed by atoms with E-state index in [0.29, 0.717) is 6.54 Å². The Morgan fingerprint density at radius 2 is 2.11 bits per heavy atom. The third kappa shape index (κ3) is 2.43. The molecule has 2 aromatic rings. The van der Waals surface area contributed by atoms with Gasteiger partial charge >= 0.3 is 0 Å². The molecule has 0 amide bonds. The van der Waals surface area contributed by atoms with Crippen molar-refractivity contribution in [1.82, 2.24) is 4.98 Å². The third-order valence-electron chi connectivity index (χ3n) is 2.86. The van der Waals surface area contributed by atoms with Gasteiger partial charge in [0.15, 0.2) is 0 Å². The van der Waals surface area contributed by atoms with Crippen molar-refractivity contribution in [3.63, 3.8) is 0 Å². The van der Waals surface area contributed by atoms with Crippen LogP contribution in [0.1, 0.15) is 5.69 Å². The number of benzene rings is 1. The van der Waals surface area contributed by atoms with E-state index < -0.39 is 0 Å². The van der Waals surface area contributed by atoms with Crippen LogP contribution in [0.15, 0.2) is 42.6 Å². The van der Waals surface area contributed by atoms with Crippen molar-refractivity contribution in [2.45, 2.75) is 6.54 Å². The second kappa shape index (κ2) is 5.51. The molecule has 94 valence electrons. The van der Waals surface area contributed by atoms with E-state index >= 15 is 0 Å². The van der Waals surface area contributed by atoms with Gasteiger partial charge in [0, 0.05) is 31.5 Å². The minimum absolute atomic E-state index is 0.421. The molecule has 1 heterocycles. The first kappa shape index (κ1) is 12.4. The molecule has 0 unspecified atom stereocenters. The van der Waals surface area contributed by atoms with E-state index in [-0.39, 0.29) is 0 Å². The summed E-state index contributed by atoms with van der Waals surface area (Å²) in [6.07, 6.45) is 1.76. The normalized spacial score (nSPS) is 10.2. The van der Waals surface area contributed by atoms with Crippen molar-refractivity contribution in [3.05, 3.63) is 48.3 Å². The van der Waals surface area contributed by atoms with Crippen LogP contribution in [0.4, 0.5) is 11.4 Å². The number of nitrogens with zero attached hydrogens (tertiary/aromatic N) is 2. The molecule has 0 bridgehead atoms. The molecule has 0 aliphatic rings. The standard InChI is InChI=1S/C14H17N3O/c1-17(11-5-3-6-12(9-11)18-2)14-7-4-8-16-13(14)10-15/h3-9H,10,15H2,1-2H3. The Hall–Kier alpha value is -2.07. The number of methoxy groups -OCH3 is 1. The van der Waals surface area contributed by atoms with Crippen LogP contribution in [0.5, 0.6) is 5.75 Å². The fraction of sp³-hybridized carbons (Fsp3) is 0.214. The van der Waals surface area contributed by atoms with Crippen LogP contribution < -0.4 is 15.4 Å². The van der Waals surface area contributed by atoms with Crippen LogP contribution in [0, 0.1) is 0 Å². The maximum atomic E-state index is 5.71. The molecular weight excluding hydrogens is 226 g/mol. The molecule has 0 spiro atoms. The average Bonchev–Trinajstić information content (AvgIpc) is 2.46. The van der Waals surface area contributed by atoms with Gasteiger partial charge in [-0.3, -0.25) is 4.98 Å². The Labute approximate surface area is 107 Å². The average molecular weight is 243 g/mol. The number of aromatic nitrogens is 1. The largest absolute Gasteiger partial charge is 0.497 e. The predicted molar refractivity (Wildman–Crippen MR) is 73.2 cm³/mol. The first-order valence-corrected chi connectivity index (χ1v) is 5.78. The number of rotatable bonds is 4. The molecule has 0 atom stereocenters. The van der Waals surface area contributed by atoms with E-state index in [1.54, 1.807) is 13.3 Å². The van der Waals surface area contributed by atoms with Crippen LogP contribution >= 0.6 is 0 Å². The van der Waals surface area contributed by atoms with Crippen molar-refractivity contribution in [2.75, 3.05) is 19.1 Å². The van der Waals surface area contributed by atoms with Crippen LogP contribution in [0.2, 0.25) is 0 Å². The molecular formula is C14H17N3O. The molecule has 2 N–H and O–H groups in total. The van der Waals surface area contributed by atoms with Gasteiger partial charge in [0.1, 0.15) is 5.75 Å². The van der Waals surface area contributed by atoms with Crippen molar-refractivity contribution in [2.24, 2.45) is 5.73 Å². The minimum Gasteiger partial charge on any atom is -0.497 e. The van der Waals surface area contributed by atoms with Crippen LogP contribution in [-0.4, -0.2) is 19.1 Å². The number of anilines is 2. The molecule has 0 radical (unpaired) electrons. The Balaban J connectivity index is 2.37. The molecule has 18 heavy (non-hydrogen) atoms. The van der Waals surface area contributed by atoms with Gasteiger partial charge in [-0.1, -0.05) is 6.07 Å². The molecule has 0 saturated carbocycles. The van der Waals surface area contributed by atoms with Gasteiger partial charge in [0.2, 0.25) is 0 Å². The molecule has 2 rings (SSSR count). The first-order valence-electron chi connectivity index (χ1n) is 5.78. The number of hydrogen-bond acceptors (Lipinski definition) is 4. The lowest BCUT2D eigenvalue weighted by Crippen LogP contribution is -2.14. The van der Waals surface area contributed by atoms with E-state index in [0.717, 1.165) is 22.8 Å². The van der Waals surface area contributed by atoms with E-state index in [1.165, 1.54) is 0 Å². The van der Waals surface area contributed by atoms with Crippen LogP contribution in [0.25, 0.3) is 0 Å². The summed E-state index contributed by atoms with van der Waals surface area (Å²) in [5, 5.41) is 0. The highest BCUT2D eigenvalue weighted by molar-refractivity contribution is 5.65. The van der Waals surface area contributed by atoms with E-state index in [1.807, 2.05) is 43.4 Å². The van der Waals surface area contributed by atoms with Crippen LogP contribution in [0.3, 0.4) is 0 Å². The quantitative estimate of drug-likeness (QED) is 0.895. The van der Waals surface area contributed by atoms with Gasteiger partial charge in [0.05, 0.1) is 18.5 Å². The Kier molecular flexibility index (Phi) is 3.79. The molecule has 4 heteroatoms. The Morgan fingerprint density at radius 1 is 1.28 bits per heavy atom. The molecule has 0 fully saturated rings. The maximum Gasteiger partial charge on any atom is 0.120 e. The Morgan fingerprint density at radius 3 is 2.83 bits per heavy atom. The number of ether oxygens (including phenoxy) is 1. The zero-order valence-electron chi connectivity index (χ0n) is 10.6. The first-order chi connectivity index (χ1) is 8.76. The van der Waals surface area contributed by atoms with Crippen molar-refractivity contribution in [1.29, 1.82) is 0 Å². The summed E-state index contributed by atoms with van der Waals surface area (Å²) in [6, 6.07) is 11.8. The highest BCUT2D eigenvalue weighted by atomic mass is 16.5. The number of pyridine rings is 1. The lowest BCUT2D eigenvalue weighted by Gasteiger charge is -2.21. The molecule has 1 aromatic carbocycles. The van der Waals surface area contributed by atoms with Crippen molar-refractivity contribution in [3.8, 4) is 5.75 Å². The smallest absolute Gasteiger partial charge is 0.120 e. The van der Waals surface area contributed by atoms with Gasteiger partial charge in [-0.25, -0.2) is 0 Å². The summed E-state index contributed by atoms with van der Waals surface area (Å²) in [4.78, 5) is 6.34. The molecule has 0 saturated heterocycles. The highest BCUT2D eigenvalue weighted by Gasteiger charge is 2.09. The second-order valence-corrected chi connectivity index (χ2v) is 3.93. The van der Waals surface area contributed by atoms with E-state index in [2.05, 4.69) is 9.88 Å². The monoisotopic (exact) mass is 243 g/mol. The van der Waals surface area contributed by atoms with Crippen molar-refractivity contribution >= 4 is 11.4 Å². The van der Waals surface area contributed by atoms with Crippen LogP contribution in [-0.2, 0) is 6.54 Å². The number of hydrogen-bond donors (Lipinski definition) is 1. The Bertz CT molecular complexity index is 528. The molecule has 0 aliphatic heterocycles. The van der Waals surface area contributed by atoms with Gasteiger partial charge in [-0.15, -0.1) is 0 Å². The number of nitrogens with two attached hydrogens (primary N) is 1. The summed E-state index contributed by atoms with van der Waals surface area (Å²) in [5.74, 6) is 0.831. The lowest BCUT2D eigenvalue weighted by atomic mass is 10.2. The third-order valence-corrected chi connectivity index (χ3v) is 2.86. The summed E-state index contributed by atoms with van der Waals surface area (Å²) >= 11 is 0. The zero-order valence-corrected chi connectivity index (χ0v) is 10.6. The molecule has 0 aliphatic carbocycles. The summed E-state index contributed by atoms with van der Waals surface area (Å²) < 4.78 is 5.23.